The van der Waals surface area contributed by atoms with Gasteiger partial charge in [0.2, 0.25) is 5.91 Å². The average Bonchev–Trinajstić information content (AvgIpc) is 3.37. The number of carbonyl (C=O) groups is 1. The van der Waals surface area contributed by atoms with Gasteiger partial charge in [-0.05, 0) is 50.5 Å². The van der Waals surface area contributed by atoms with Gasteiger partial charge in [0, 0.05) is 60.0 Å². The molecule has 32 heavy (non-hydrogen) atoms. The lowest BCUT2D eigenvalue weighted by molar-refractivity contribution is -0.132. The first kappa shape index (κ1) is 20.4. The second-order valence-corrected chi connectivity index (χ2v) is 8.55. The molecule has 4 aromatic rings. The molecule has 5 rings (SSSR count). The van der Waals surface area contributed by atoms with E-state index in [-0.39, 0.29) is 11.8 Å². The summed E-state index contributed by atoms with van der Waals surface area (Å²) in [6.07, 6.45) is 6.19. The summed E-state index contributed by atoms with van der Waals surface area (Å²) in [6, 6.07) is 12.6. The Kier molecular flexibility index (Phi) is 5.47. The quantitative estimate of drug-likeness (QED) is 0.516. The number of H-pyrrole nitrogens is 1. The third-order valence-corrected chi connectivity index (χ3v) is 6.39. The molecule has 0 radical (unpaired) electrons. The van der Waals surface area contributed by atoms with Crippen molar-refractivity contribution >= 4 is 16.8 Å². The van der Waals surface area contributed by atoms with Crippen LogP contribution in [0, 0.1) is 13.8 Å². The van der Waals surface area contributed by atoms with Gasteiger partial charge in [0.25, 0.3) is 0 Å². The number of pyridine rings is 1. The van der Waals surface area contributed by atoms with Crippen LogP contribution in [0.3, 0.4) is 0 Å². The fraction of sp³-hybridized carbons (Fsp3) is 0.360. The Morgan fingerprint density at radius 3 is 2.75 bits per heavy atom. The number of piperidine rings is 1. The summed E-state index contributed by atoms with van der Waals surface area (Å²) in [5, 5.41) is 5.60. The Balaban J connectivity index is 1.39. The zero-order valence-corrected chi connectivity index (χ0v) is 18.6. The van der Waals surface area contributed by atoms with Gasteiger partial charge in [0.1, 0.15) is 11.6 Å². The largest absolute Gasteiger partial charge is 0.358 e. The zero-order chi connectivity index (χ0) is 22.1. The molecule has 1 atom stereocenters. The molecular formula is C25H28N6O. The van der Waals surface area contributed by atoms with Crippen LogP contribution in [0.25, 0.3) is 22.0 Å². The van der Waals surface area contributed by atoms with Crippen LogP contribution in [0.5, 0.6) is 0 Å². The fourth-order valence-electron chi connectivity index (χ4n) is 4.87. The van der Waals surface area contributed by atoms with E-state index in [4.69, 9.17) is 0 Å². The predicted molar refractivity (Wildman–Crippen MR) is 124 cm³/mol. The van der Waals surface area contributed by atoms with Crippen molar-refractivity contribution in [3.63, 3.8) is 0 Å². The van der Waals surface area contributed by atoms with Crippen molar-refractivity contribution in [2.75, 3.05) is 13.1 Å². The van der Waals surface area contributed by atoms with Crippen molar-refractivity contribution < 1.29 is 4.79 Å². The van der Waals surface area contributed by atoms with Crippen LogP contribution in [0.1, 0.15) is 42.5 Å². The first-order valence-electron chi connectivity index (χ1n) is 11.3. The highest BCUT2D eigenvalue weighted by molar-refractivity contribution is 5.97. The Hall–Kier alpha value is -3.48. The van der Waals surface area contributed by atoms with E-state index in [9.17, 15) is 4.79 Å². The monoisotopic (exact) mass is 428 g/mol. The predicted octanol–water partition coefficient (Wildman–Crippen LogP) is 4.23. The number of hydrogen-bond acceptors (Lipinski definition) is 4. The molecular weight excluding hydrogens is 400 g/mol. The lowest BCUT2D eigenvalue weighted by Gasteiger charge is -2.33. The SMILES string of the molecule is Cc1nc(C)n(CCC(=O)N2CCCC(c3[nH]c4ccccc4c3-c3ccncc3)C2)n1. The van der Waals surface area contributed by atoms with Crippen molar-refractivity contribution in [3.05, 3.63) is 66.1 Å². The maximum atomic E-state index is 13.0. The number of para-hydroxylation sites is 1. The Bertz CT molecular complexity index is 1240. The number of amides is 1. The van der Waals surface area contributed by atoms with Gasteiger partial charge < -0.3 is 9.88 Å². The van der Waals surface area contributed by atoms with Crippen LogP contribution in [0.15, 0.2) is 48.8 Å². The summed E-state index contributed by atoms with van der Waals surface area (Å²) in [4.78, 5) is 27.3. The molecule has 3 aromatic heterocycles. The normalized spacial score (nSPS) is 16.6. The Labute approximate surface area is 187 Å². The topological polar surface area (TPSA) is 79.7 Å². The van der Waals surface area contributed by atoms with E-state index in [0.717, 1.165) is 48.7 Å². The molecule has 0 aliphatic carbocycles. The minimum absolute atomic E-state index is 0.184. The summed E-state index contributed by atoms with van der Waals surface area (Å²) < 4.78 is 1.83. The van der Waals surface area contributed by atoms with Gasteiger partial charge in [-0.25, -0.2) is 9.67 Å². The highest BCUT2D eigenvalue weighted by Crippen LogP contribution is 2.39. The van der Waals surface area contributed by atoms with Crippen LogP contribution >= 0.6 is 0 Å². The summed E-state index contributed by atoms with van der Waals surface area (Å²) in [5.74, 6) is 2.06. The second-order valence-electron chi connectivity index (χ2n) is 8.55. The Morgan fingerprint density at radius 1 is 1.16 bits per heavy atom. The first-order chi connectivity index (χ1) is 15.6. The van der Waals surface area contributed by atoms with Crippen LogP contribution in [-0.2, 0) is 11.3 Å². The van der Waals surface area contributed by atoms with Gasteiger partial charge in [0.05, 0.1) is 6.54 Å². The number of likely N-dealkylation sites (tertiary alicyclic amines) is 1. The van der Waals surface area contributed by atoms with E-state index < -0.39 is 0 Å². The molecule has 1 aliphatic heterocycles. The summed E-state index contributed by atoms with van der Waals surface area (Å²) in [7, 11) is 0. The number of nitrogens with one attached hydrogen (secondary N) is 1. The van der Waals surface area contributed by atoms with Crippen LogP contribution in [-0.4, -0.2) is 48.6 Å². The average molecular weight is 429 g/mol. The molecule has 1 unspecified atom stereocenters. The van der Waals surface area contributed by atoms with Crippen LogP contribution < -0.4 is 0 Å². The number of hydrogen-bond donors (Lipinski definition) is 1. The number of benzene rings is 1. The van der Waals surface area contributed by atoms with Crippen molar-refractivity contribution in [3.8, 4) is 11.1 Å². The molecule has 1 N–H and O–H groups in total. The van der Waals surface area contributed by atoms with E-state index in [0.29, 0.717) is 13.0 Å². The minimum atomic E-state index is 0.184. The number of aromatic amines is 1. The van der Waals surface area contributed by atoms with Crippen LogP contribution in [0.4, 0.5) is 0 Å². The molecule has 7 heteroatoms. The van der Waals surface area contributed by atoms with Crippen LogP contribution in [0.2, 0.25) is 0 Å². The molecule has 0 bridgehead atoms. The zero-order valence-electron chi connectivity index (χ0n) is 18.6. The van der Waals surface area contributed by atoms with E-state index in [2.05, 4.69) is 56.4 Å². The van der Waals surface area contributed by atoms with Gasteiger partial charge in [0.15, 0.2) is 0 Å². The molecule has 164 valence electrons. The molecule has 1 amide bonds. The van der Waals surface area contributed by atoms with Crippen molar-refractivity contribution in [2.24, 2.45) is 0 Å². The highest BCUT2D eigenvalue weighted by atomic mass is 16.2. The van der Waals surface area contributed by atoms with E-state index >= 15 is 0 Å². The lowest BCUT2D eigenvalue weighted by atomic mass is 9.89. The summed E-state index contributed by atoms with van der Waals surface area (Å²) in [6.45, 7) is 5.93. The Morgan fingerprint density at radius 2 is 1.97 bits per heavy atom. The van der Waals surface area contributed by atoms with E-state index in [1.54, 1.807) is 0 Å². The maximum absolute atomic E-state index is 13.0. The van der Waals surface area contributed by atoms with Gasteiger partial charge >= 0.3 is 0 Å². The van der Waals surface area contributed by atoms with E-state index in [1.807, 2.05) is 35.8 Å². The maximum Gasteiger partial charge on any atom is 0.224 e. The number of aryl methyl sites for hydroxylation is 3. The number of rotatable bonds is 5. The molecule has 4 heterocycles. The molecule has 1 fully saturated rings. The first-order valence-corrected chi connectivity index (χ1v) is 11.3. The third-order valence-electron chi connectivity index (χ3n) is 6.39. The van der Waals surface area contributed by atoms with Gasteiger partial charge in [-0.15, -0.1) is 0 Å². The van der Waals surface area contributed by atoms with Crippen molar-refractivity contribution in [1.29, 1.82) is 0 Å². The molecule has 1 aliphatic rings. The molecule has 0 spiro atoms. The smallest absolute Gasteiger partial charge is 0.224 e. The molecule has 1 saturated heterocycles. The van der Waals surface area contributed by atoms with Crippen molar-refractivity contribution in [2.45, 2.75) is 45.6 Å². The molecule has 7 nitrogen and oxygen atoms in total. The summed E-state index contributed by atoms with van der Waals surface area (Å²) >= 11 is 0. The number of fused-ring (bicyclic) bond motifs is 1. The number of aromatic nitrogens is 5. The van der Waals surface area contributed by atoms with Gasteiger partial charge in [-0.3, -0.25) is 9.78 Å². The van der Waals surface area contributed by atoms with Crippen molar-refractivity contribution in [1.82, 2.24) is 29.6 Å². The number of carbonyl (C=O) groups excluding carboxylic acids is 1. The van der Waals surface area contributed by atoms with E-state index in [1.165, 1.54) is 16.6 Å². The standard InChI is InChI=1S/C25H28N6O/c1-17-27-18(2)31(29-17)15-11-23(32)30-14-5-6-20(16-30)25-24(19-9-12-26-13-10-19)21-7-3-4-8-22(21)28-25/h3-4,7-10,12-13,20,28H,5-6,11,14-16H2,1-2H3. The third kappa shape index (κ3) is 3.90. The lowest BCUT2D eigenvalue weighted by Crippen LogP contribution is -2.39. The van der Waals surface area contributed by atoms with Gasteiger partial charge in [-0.2, -0.15) is 5.10 Å². The van der Waals surface area contributed by atoms with Gasteiger partial charge in [-0.1, -0.05) is 18.2 Å². The molecule has 0 saturated carbocycles. The highest BCUT2D eigenvalue weighted by Gasteiger charge is 2.28. The summed E-state index contributed by atoms with van der Waals surface area (Å²) in [5.41, 5.74) is 4.75. The minimum Gasteiger partial charge on any atom is -0.358 e. The second kappa shape index (κ2) is 8.57. The molecule has 1 aromatic carbocycles. The number of nitrogens with zero attached hydrogens (tertiary/aromatic N) is 5. The fourth-order valence-corrected chi connectivity index (χ4v) is 4.87.